The maximum Gasteiger partial charge on any atom is 0.237 e. The number of hydrogen-bond donors (Lipinski definition) is 2. The molecule has 1 aliphatic rings. The lowest BCUT2D eigenvalue weighted by molar-refractivity contribution is -0.120. The summed E-state index contributed by atoms with van der Waals surface area (Å²) in [6.45, 7) is 3.92. The predicted octanol–water partition coefficient (Wildman–Crippen LogP) is 6.68. The van der Waals surface area contributed by atoms with Crippen molar-refractivity contribution in [2.45, 2.75) is 62.5 Å². The molecule has 0 aromatic heterocycles. The van der Waals surface area contributed by atoms with Crippen LogP contribution in [0.25, 0.3) is 0 Å². The first-order valence-corrected chi connectivity index (χ1v) is 11.9. The molecule has 1 atom stereocenters. The first kappa shape index (κ1) is 22.7. The predicted molar refractivity (Wildman–Crippen MR) is 126 cm³/mol. The monoisotopic (exact) mass is 444 g/mol. The van der Waals surface area contributed by atoms with Crippen molar-refractivity contribution in [2.75, 3.05) is 10.6 Å². The normalized spacial score (nSPS) is 15.4. The zero-order chi connectivity index (χ0) is 21.5. The second kappa shape index (κ2) is 10.9. The molecule has 6 heteroatoms. The van der Waals surface area contributed by atoms with Crippen LogP contribution in [0.15, 0.2) is 47.4 Å². The van der Waals surface area contributed by atoms with E-state index in [9.17, 15) is 9.59 Å². The number of hydrogen-bond acceptors (Lipinski definition) is 3. The molecule has 160 valence electrons. The Morgan fingerprint density at radius 1 is 1.07 bits per heavy atom. The summed E-state index contributed by atoms with van der Waals surface area (Å²) in [7, 11) is 0. The zero-order valence-electron chi connectivity index (χ0n) is 17.5. The second-order valence-corrected chi connectivity index (χ2v) is 9.50. The largest absolute Gasteiger partial charge is 0.326 e. The smallest absolute Gasteiger partial charge is 0.237 e. The number of benzene rings is 2. The van der Waals surface area contributed by atoms with Crippen molar-refractivity contribution < 1.29 is 9.59 Å². The standard InChI is InChI=1S/C24H29ClN2O2S/c1-3-22(24(29)27-19-13-12-16(2)21(25)15-19)30-20-11-7-10-18(14-20)26-23(28)17-8-5-4-6-9-17/h7,10-15,17,22H,3-6,8-9H2,1-2H3,(H,26,28)(H,27,29). The van der Waals surface area contributed by atoms with Gasteiger partial charge >= 0.3 is 0 Å². The molecular weight excluding hydrogens is 416 g/mol. The van der Waals surface area contributed by atoms with Crippen LogP contribution >= 0.6 is 23.4 Å². The van der Waals surface area contributed by atoms with Gasteiger partial charge in [0.05, 0.1) is 5.25 Å². The number of halogens is 1. The molecule has 0 radical (unpaired) electrons. The summed E-state index contributed by atoms with van der Waals surface area (Å²) in [5.74, 6) is 0.169. The van der Waals surface area contributed by atoms with Crippen LogP contribution in [0, 0.1) is 12.8 Å². The van der Waals surface area contributed by atoms with Crippen molar-refractivity contribution in [1.29, 1.82) is 0 Å². The van der Waals surface area contributed by atoms with Crippen molar-refractivity contribution in [3.63, 3.8) is 0 Å². The van der Waals surface area contributed by atoms with Crippen molar-refractivity contribution in [3.8, 4) is 0 Å². The number of amides is 2. The molecule has 2 amide bonds. The zero-order valence-corrected chi connectivity index (χ0v) is 19.1. The van der Waals surface area contributed by atoms with E-state index in [1.54, 1.807) is 6.07 Å². The Kier molecular flexibility index (Phi) is 8.23. The first-order chi connectivity index (χ1) is 14.5. The highest BCUT2D eigenvalue weighted by molar-refractivity contribution is 8.00. The van der Waals surface area contributed by atoms with Gasteiger partial charge in [0.15, 0.2) is 0 Å². The fraction of sp³-hybridized carbons (Fsp3) is 0.417. The summed E-state index contributed by atoms with van der Waals surface area (Å²) in [6, 6.07) is 13.3. The third-order valence-corrected chi connectivity index (χ3v) is 7.22. The van der Waals surface area contributed by atoms with Crippen LogP contribution in [0.4, 0.5) is 11.4 Å². The maximum atomic E-state index is 12.8. The Bertz CT molecular complexity index is 897. The summed E-state index contributed by atoms with van der Waals surface area (Å²) in [6.07, 6.45) is 6.13. The third-order valence-electron chi connectivity index (χ3n) is 5.46. The molecule has 1 unspecified atom stereocenters. The summed E-state index contributed by atoms with van der Waals surface area (Å²) in [5.41, 5.74) is 2.46. The Balaban J connectivity index is 1.61. The molecule has 1 aliphatic carbocycles. The number of rotatable bonds is 7. The molecule has 2 aromatic carbocycles. The lowest BCUT2D eigenvalue weighted by Crippen LogP contribution is -2.25. The van der Waals surface area contributed by atoms with E-state index < -0.39 is 0 Å². The van der Waals surface area contributed by atoms with Crippen molar-refractivity contribution >= 4 is 46.6 Å². The third kappa shape index (κ3) is 6.26. The summed E-state index contributed by atoms with van der Waals surface area (Å²) < 4.78 is 0. The second-order valence-electron chi connectivity index (χ2n) is 7.82. The van der Waals surface area contributed by atoms with E-state index in [0.717, 1.165) is 41.8 Å². The van der Waals surface area contributed by atoms with Gasteiger partial charge < -0.3 is 10.6 Å². The lowest BCUT2D eigenvalue weighted by Gasteiger charge is -2.21. The molecule has 30 heavy (non-hydrogen) atoms. The van der Waals surface area contributed by atoms with Crippen molar-refractivity contribution in [1.82, 2.24) is 0 Å². The van der Waals surface area contributed by atoms with Crippen LogP contribution < -0.4 is 10.6 Å². The van der Waals surface area contributed by atoms with E-state index in [2.05, 4.69) is 10.6 Å². The van der Waals surface area contributed by atoms with Gasteiger partial charge in [-0.05, 0) is 62.1 Å². The van der Waals surface area contributed by atoms with Gasteiger partial charge in [0.1, 0.15) is 0 Å². The lowest BCUT2D eigenvalue weighted by atomic mass is 9.88. The van der Waals surface area contributed by atoms with Gasteiger partial charge in [-0.2, -0.15) is 0 Å². The van der Waals surface area contributed by atoms with Gasteiger partial charge in [-0.15, -0.1) is 11.8 Å². The van der Waals surface area contributed by atoms with Crippen molar-refractivity contribution in [2.24, 2.45) is 5.92 Å². The highest BCUT2D eigenvalue weighted by atomic mass is 35.5. The van der Waals surface area contributed by atoms with Crippen LogP contribution in [0.5, 0.6) is 0 Å². The SMILES string of the molecule is CCC(Sc1cccc(NC(=O)C2CCCCC2)c1)C(=O)Nc1ccc(C)c(Cl)c1. The van der Waals surface area contributed by atoms with E-state index in [-0.39, 0.29) is 23.0 Å². The van der Waals surface area contributed by atoms with E-state index in [1.165, 1.54) is 18.2 Å². The molecule has 0 saturated heterocycles. The molecule has 0 aliphatic heterocycles. The highest BCUT2D eigenvalue weighted by Crippen LogP contribution is 2.30. The number of carbonyl (C=O) groups excluding carboxylic acids is 2. The van der Waals surface area contributed by atoms with Crippen LogP contribution in [0.2, 0.25) is 5.02 Å². The fourth-order valence-corrected chi connectivity index (χ4v) is 4.83. The van der Waals surface area contributed by atoms with Gasteiger partial charge in [-0.1, -0.05) is 49.9 Å². The molecule has 1 saturated carbocycles. The number of nitrogens with one attached hydrogen (secondary N) is 2. The summed E-state index contributed by atoms with van der Waals surface area (Å²) in [4.78, 5) is 26.3. The number of thioether (sulfide) groups is 1. The number of carbonyl (C=O) groups is 2. The van der Waals surface area contributed by atoms with E-state index in [4.69, 9.17) is 11.6 Å². The van der Waals surface area contributed by atoms with Crippen LogP contribution in [0.1, 0.15) is 51.0 Å². The Labute approximate surface area is 188 Å². The van der Waals surface area contributed by atoms with Crippen LogP contribution in [-0.4, -0.2) is 17.1 Å². The minimum absolute atomic E-state index is 0.0564. The van der Waals surface area contributed by atoms with Crippen molar-refractivity contribution in [3.05, 3.63) is 53.1 Å². The number of anilines is 2. The molecule has 2 N–H and O–H groups in total. The van der Waals surface area contributed by atoms with Gasteiger partial charge in [0, 0.05) is 27.2 Å². The minimum Gasteiger partial charge on any atom is -0.326 e. The Morgan fingerprint density at radius 2 is 1.80 bits per heavy atom. The molecular formula is C24H29ClN2O2S. The molecule has 3 rings (SSSR count). The molecule has 0 bridgehead atoms. The Morgan fingerprint density at radius 3 is 2.50 bits per heavy atom. The summed E-state index contributed by atoms with van der Waals surface area (Å²) >= 11 is 7.67. The van der Waals surface area contributed by atoms with Crippen LogP contribution in [0.3, 0.4) is 0 Å². The highest BCUT2D eigenvalue weighted by Gasteiger charge is 2.22. The number of aryl methyl sites for hydroxylation is 1. The van der Waals surface area contributed by atoms with Crippen LogP contribution in [-0.2, 0) is 9.59 Å². The maximum absolute atomic E-state index is 12.8. The quantitative estimate of drug-likeness (QED) is 0.468. The van der Waals surface area contributed by atoms with Gasteiger partial charge in [-0.3, -0.25) is 9.59 Å². The van der Waals surface area contributed by atoms with E-state index in [1.807, 2.05) is 50.2 Å². The molecule has 0 spiro atoms. The average Bonchev–Trinajstić information content (AvgIpc) is 2.75. The molecule has 1 fully saturated rings. The molecule has 4 nitrogen and oxygen atoms in total. The van der Waals surface area contributed by atoms with Gasteiger partial charge in [0.25, 0.3) is 0 Å². The van der Waals surface area contributed by atoms with Gasteiger partial charge in [-0.25, -0.2) is 0 Å². The summed E-state index contributed by atoms with van der Waals surface area (Å²) in [5, 5.41) is 6.41. The van der Waals surface area contributed by atoms with E-state index >= 15 is 0 Å². The molecule has 2 aromatic rings. The fourth-order valence-electron chi connectivity index (χ4n) is 3.64. The molecule has 0 heterocycles. The topological polar surface area (TPSA) is 58.2 Å². The average molecular weight is 445 g/mol. The van der Waals surface area contributed by atoms with Gasteiger partial charge in [0.2, 0.25) is 11.8 Å². The van der Waals surface area contributed by atoms with E-state index in [0.29, 0.717) is 17.1 Å². The minimum atomic E-state index is -0.241. The Hall–Kier alpha value is -1.98. The first-order valence-electron chi connectivity index (χ1n) is 10.6.